The van der Waals surface area contributed by atoms with Gasteiger partial charge in [-0.05, 0) is 87.9 Å². The molecule has 2 fully saturated rings. The Kier molecular flexibility index (Phi) is 6.49. The van der Waals surface area contributed by atoms with Crippen LogP contribution >= 0.6 is 0 Å². The Labute approximate surface area is 188 Å². The minimum Gasteiger partial charge on any atom is -0.484 e. The molecule has 2 unspecified atom stereocenters. The highest BCUT2D eigenvalue weighted by Gasteiger charge is 2.44. The molecule has 2 aromatic rings. The molecule has 32 heavy (non-hydrogen) atoms. The third-order valence-electron chi connectivity index (χ3n) is 6.86. The van der Waals surface area contributed by atoms with Crippen LogP contribution in [0, 0.1) is 5.82 Å². The van der Waals surface area contributed by atoms with Crippen molar-refractivity contribution in [2.45, 2.75) is 63.5 Å². The summed E-state index contributed by atoms with van der Waals surface area (Å²) in [5.74, 6) is 0.161. The van der Waals surface area contributed by atoms with Crippen LogP contribution in [0.15, 0.2) is 48.5 Å². The molecule has 1 aliphatic heterocycles. The number of carbonyl (C=O) groups excluding carboxylic acids is 2. The van der Waals surface area contributed by atoms with E-state index in [0.717, 1.165) is 37.7 Å². The molecule has 1 aliphatic carbocycles. The fourth-order valence-corrected chi connectivity index (χ4v) is 4.71. The van der Waals surface area contributed by atoms with Gasteiger partial charge in [-0.1, -0.05) is 12.1 Å². The number of likely N-dealkylation sites (tertiary alicyclic amines) is 1. The molecule has 2 amide bonds. The topological polar surface area (TPSA) is 58.6 Å². The first-order valence-electron chi connectivity index (χ1n) is 11.5. The van der Waals surface area contributed by atoms with E-state index in [1.54, 1.807) is 36.4 Å². The van der Waals surface area contributed by atoms with Crippen molar-refractivity contribution in [3.05, 3.63) is 65.5 Å². The normalized spacial score (nSPS) is 21.7. The van der Waals surface area contributed by atoms with Gasteiger partial charge in [-0.3, -0.25) is 9.59 Å². The Morgan fingerprint density at radius 1 is 1.03 bits per heavy atom. The summed E-state index contributed by atoms with van der Waals surface area (Å²) in [6, 6.07) is 13.9. The molecule has 2 atom stereocenters. The molecule has 1 heterocycles. The Balaban J connectivity index is 1.28. The Hall–Kier alpha value is -2.89. The van der Waals surface area contributed by atoms with Gasteiger partial charge in [0.05, 0.1) is 0 Å². The number of nitrogens with one attached hydrogen (secondary N) is 1. The highest BCUT2D eigenvalue weighted by atomic mass is 19.1. The zero-order valence-corrected chi connectivity index (χ0v) is 18.8. The third-order valence-corrected chi connectivity index (χ3v) is 6.86. The summed E-state index contributed by atoms with van der Waals surface area (Å²) in [6.07, 6.45) is 5.17. The summed E-state index contributed by atoms with van der Waals surface area (Å²) in [6.45, 7) is 4.70. The van der Waals surface area contributed by atoms with Crippen molar-refractivity contribution in [1.82, 2.24) is 10.2 Å². The van der Waals surface area contributed by atoms with Gasteiger partial charge < -0.3 is 15.0 Å². The number of rotatable bonds is 7. The van der Waals surface area contributed by atoms with Crippen LogP contribution in [0.5, 0.6) is 5.75 Å². The van der Waals surface area contributed by atoms with Crippen LogP contribution in [-0.4, -0.2) is 41.9 Å². The maximum Gasteiger partial charge on any atom is 0.260 e. The number of hydrogen-bond donors (Lipinski definition) is 1. The lowest BCUT2D eigenvalue weighted by Gasteiger charge is -2.38. The van der Waals surface area contributed by atoms with Gasteiger partial charge >= 0.3 is 0 Å². The molecule has 6 heteroatoms. The van der Waals surface area contributed by atoms with E-state index in [0.29, 0.717) is 17.9 Å². The second-order valence-corrected chi connectivity index (χ2v) is 9.21. The summed E-state index contributed by atoms with van der Waals surface area (Å²) >= 11 is 0. The van der Waals surface area contributed by atoms with Crippen LogP contribution in [0.25, 0.3) is 0 Å². The van der Waals surface area contributed by atoms with Crippen molar-refractivity contribution in [3.63, 3.8) is 0 Å². The lowest BCUT2D eigenvalue weighted by Crippen LogP contribution is -2.49. The van der Waals surface area contributed by atoms with Crippen molar-refractivity contribution >= 4 is 11.8 Å². The van der Waals surface area contributed by atoms with Crippen molar-refractivity contribution in [2.24, 2.45) is 0 Å². The second kappa shape index (κ2) is 9.31. The molecular weight excluding hydrogens is 407 g/mol. The molecule has 0 spiro atoms. The number of halogens is 1. The van der Waals surface area contributed by atoms with Gasteiger partial charge in [-0.25, -0.2) is 4.39 Å². The van der Waals surface area contributed by atoms with E-state index in [9.17, 15) is 14.0 Å². The highest BCUT2D eigenvalue weighted by Crippen LogP contribution is 2.47. The standard InChI is InChI=1S/C26H31FN2O3/c1-18-4-3-5-19(2)29(18)24(30)16-32-23-12-6-20(7-13-23)25(31)28-17-26(14-15-26)21-8-10-22(27)11-9-21/h6-13,18-19H,3-5,14-17H2,1-2H3,(H,28,31). The average molecular weight is 439 g/mol. The Bertz CT molecular complexity index is 944. The molecule has 170 valence electrons. The van der Waals surface area contributed by atoms with Crippen molar-refractivity contribution < 1.29 is 18.7 Å². The van der Waals surface area contributed by atoms with E-state index in [4.69, 9.17) is 4.74 Å². The minimum absolute atomic E-state index is 0.000410. The molecule has 1 saturated carbocycles. The summed E-state index contributed by atoms with van der Waals surface area (Å²) < 4.78 is 18.9. The number of ether oxygens (including phenoxy) is 1. The molecule has 0 aromatic heterocycles. The zero-order chi connectivity index (χ0) is 22.7. The lowest BCUT2D eigenvalue weighted by molar-refractivity contribution is -0.139. The first-order valence-corrected chi connectivity index (χ1v) is 11.5. The molecule has 2 aromatic carbocycles. The van der Waals surface area contributed by atoms with Crippen LogP contribution in [-0.2, 0) is 10.2 Å². The number of hydrogen-bond acceptors (Lipinski definition) is 3. The lowest BCUT2D eigenvalue weighted by atomic mass is 9.96. The number of piperidine rings is 1. The Morgan fingerprint density at radius 3 is 2.25 bits per heavy atom. The molecule has 0 radical (unpaired) electrons. The van der Waals surface area contributed by atoms with Gasteiger partial charge in [0.2, 0.25) is 0 Å². The molecule has 1 N–H and O–H groups in total. The molecule has 1 saturated heterocycles. The van der Waals surface area contributed by atoms with Crippen molar-refractivity contribution in [3.8, 4) is 5.75 Å². The third kappa shape index (κ3) is 4.95. The van der Waals surface area contributed by atoms with Gasteiger partial charge in [-0.2, -0.15) is 0 Å². The van der Waals surface area contributed by atoms with Gasteiger partial charge in [0.15, 0.2) is 6.61 Å². The second-order valence-electron chi connectivity index (χ2n) is 9.21. The smallest absolute Gasteiger partial charge is 0.260 e. The van der Waals surface area contributed by atoms with E-state index in [1.165, 1.54) is 12.1 Å². The number of benzene rings is 2. The summed E-state index contributed by atoms with van der Waals surface area (Å²) in [7, 11) is 0. The summed E-state index contributed by atoms with van der Waals surface area (Å²) in [5.41, 5.74) is 1.51. The average Bonchev–Trinajstić information content (AvgIpc) is 3.58. The first-order chi connectivity index (χ1) is 15.4. The molecule has 2 aliphatic rings. The maximum absolute atomic E-state index is 13.2. The number of nitrogens with zero attached hydrogens (tertiary/aromatic N) is 1. The Morgan fingerprint density at radius 2 is 1.66 bits per heavy atom. The van der Waals surface area contributed by atoms with Crippen molar-refractivity contribution in [1.29, 1.82) is 0 Å². The largest absolute Gasteiger partial charge is 0.484 e. The monoisotopic (exact) mass is 438 g/mol. The van der Waals surface area contributed by atoms with E-state index in [-0.39, 0.29) is 41.7 Å². The van der Waals surface area contributed by atoms with Crippen LogP contribution in [0.3, 0.4) is 0 Å². The molecule has 4 rings (SSSR count). The predicted octanol–water partition coefficient (Wildman–Crippen LogP) is 4.46. The van der Waals surface area contributed by atoms with Gasteiger partial charge in [0.25, 0.3) is 11.8 Å². The molecule has 5 nitrogen and oxygen atoms in total. The fraction of sp³-hybridized carbons (Fsp3) is 0.462. The van der Waals surface area contributed by atoms with E-state index < -0.39 is 0 Å². The van der Waals surface area contributed by atoms with E-state index >= 15 is 0 Å². The number of amides is 2. The summed E-state index contributed by atoms with van der Waals surface area (Å²) in [5, 5.41) is 3.00. The first kappa shape index (κ1) is 22.3. The van der Waals surface area contributed by atoms with Crippen LogP contribution in [0.1, 0.15) is 61.9 Å². The maximum atomic E-state index is 13.2. The van der Waals surface area contributed by atoms with E-state index in [1.807, 2.05) is 4.90 Å². The van der Waals surface area contributed by atoms with Gasteiger partial charge in [-0.15, -0.1) is 0 Å². The SMILES string of the molecule is CC1CCCC(C)N1C(=O)COc1ccc(C(=O)NCC2(c3ccc(F)cc3)CC2)cc1. The van der Waals surface area contributed by atoms with Crippen molar-refractivity contribution in [2.75, 3.05) is 13.2 Å². The van der Waals surface area contributed by atoms with Crippen LogP contribution < -0.4 is 10.1 Å². The van der Waals surface area contributed by atoms with Crippen LogP contribution in [0.2, 0.25) is 0 Å². The zero-order valence-electron chi connectivity index (χ0n) is 18.8. The van der Waals surface area contributed by atoms with Gasteiger partial charge in [0, 0.05) is 29.6 Å². The highest BCUT2D eigenvalue weighted by molar-refractivity contribution is 5.94. The number of carbonyl (C=O) groups is 2. The van der Waals surface area contributed by atoms with Gasteiger partial charge in [0.1, 0.15) is 11.6 Å². The van der Waals surface area contributed by atoms with Crippen LogP contribution in [0.4, 0.5) is 4.39 Å². The fourth-order valence-electron chi connectivity index (χ4n) is 4.71. The minimum atomic E-state index is -0.252. The molecule has 0 bridgehead atoms. The molecular formula is C26H31FN2O3. The predicted molar refractivity (Wildman–Crippen MR) is 121 cm³/mol. The summed E-state index contributed by atoms with van der Waals surface area (Å²) in [4.78, 5) is 27.1. The quantitative estimate of drug-likeness (QED) is 0.695. The van der Waals surface area contributed by atoms with E-state index in [2.05, 4.69) is 19.2 Å².